The highest BCUT2D eigenvalue weighted by atomic mass is 32.2. The minimum atomic E-state index is 0.827. The van der Waals surface area contributed by atoms with E-state index in [1.807, 2.05) is 42.5 Å². The van der Waals surface area contributed by atoms with E-state index in [1.165, 1.54) is 5.56 Å². The van der Waals surface area contributed by atoms with Gasteiger partial charge in [-0.3, -0.25) is 4.98 Å². The summed E-state index contributed by atoms with van der Waals surface area (Å²) in [7, 11) is 0. The van der Waals surface area contributed by atoms with Gasteiger partial charge in [0.1, 0.15) is 0 Å². The predicted molar refractivity (Wildman–Crippen MR) is 72.5 cm³/mol. The van der Waals surface area contributed by atoms with E-state index in [9.17, 15) is 0 Å². The van der Waals surface area contributed by atoms with E-state index in [0.29, 0.717) is 0 Å². The fraction of sp³-hybridized carbons (Fsp3) is 0.0714. The molecule has 0 spiro atoms. The number of pyridine rings is 1. The Morgan fingerprint density at radius 3 is 2.17 bits per heavy atom. The molecule has 0 amide bonds. The molecule has 1 aliphatic heterocycles. The molecule has 4 heteroatoms. The van der Waals surface area contributed by atoms with Crippen LogP contribution in [-0.4, -0.2) is 15.0 Å². The molecule has 0 saturated carbocycles. The molecule has 3 rings (SSSR count). The number of imidazole rings is 1. The normalized spacial score (nSPS) is 10.7. The molecule has 3 nitrogen and oxygen atoms in total. The predicted octanol–water partition coefficient (Wildman–Crippen LogP) is 3.27. The Morgan fingerprint density at radius 1 is 0.833 bits per heavy atom. The van der Waals surface area contributed by atoms with Crippen LogP contribution in [-0.2, 0) is 5.75 Å². The standard InChI is InChI=1S/C14H11N3S/c1-2-4-12-13(5-3-1)17-14(16-12)18-10-11-6-8-15-9-7-11/h1-9H,10H2. The molecule has 1 aromatic rings. The van der Waals surface area contributed by atoms with Crippen LogP contribution in [0.25, 0.3) is 11.4 Å². The van der Waals surface area contributed by atoms with Crippen LogP contribution >= 0.6 is 11.8 Å². The average molecular weight is 253 g/mol. The second-order valence-corrected chi connectivity index (χ2v) is 4.77. The van der Waals surface area contributed by atoms with Gasteiger partial charge < -0.3 is 0 Å². The van der Waals surface area contributed by atoms with Crippen molar-refractivity contribution in [3.8, 4) is 11.4 Å². The van der Waals surface area contributed by atoms with Crippen molar-refractivity contribution in [2.75, 3.05) is 0 Å². The minimum absolute atomic E-state index is 0.827. The van der Waals surface area contributed by atoms with Gasteiger partial charge in [0.25, 0.3) is 0 Å². The van der Waals surface area contributed by atoms with E-state index in [-0.39, 0.29) is 0 Å². The maximum Gasteiger partial charge on any atom is 0.189 e. The molecule has 0 saturated heterocycles. The van der Waals surface area contributed by atoms with Crippen molar-refractivity contribution in [2.45, 2.75) is 10.9 Å². The maximum atomic E-state index is 4.50. The number of nitrogens with zero attached hydrogens (tertiary/aromatic N) is 3. The first-order chi connectivity index (χ1) is 8.92. The highest BCUT2D eigenvalue weighted by Gasteiger charge is 2.08. The Balaban J connectivity index is 1.78. The molecule has 2 heterocycles. The van der Waals surface area contributed by atoms with Crippen molar-refractivity contribution in [1.82, 2.24) is 15.0 Å². The van der Waals surface area contributed by atoms with E-state index in [0.717, 1.165) is 22.3 Å². The largest absolute Gasteiger partial charge is 0.265 e. The molecule has 2 aliphatic rings. The zero-order valence-electron chi connectivity index (χ0n) is 9.65. The quantitative estimate of drug-likeness (QED) is 0.671. The second-order valence-electron chi connectivity index (χ2n) is 3.83. The molecule has 0 fully saturated rings. The van der Waals surface area contributed by atoms with Crippen molar-refractivity contribution in [1.29, 1.82) is 0 Å². The molecule has 0 unspecified atom stereocenters. The van der Waals surface area contributed by atoms with Crippen molar-refractivity contribution in [2.24, 2.45) is 0 Å². The lowest BCUT2D eigenvalue weighted by Gasteiger charge is -1.96. The summed E-state index contributed by atoms with van der Waals surface area (Å²) in [6, 6.07) is 13.9. The first kappa shape index (κ1) is 11.2. The van der Waals surface area contributed by atoms with Crippen molar-refractivity contribution >= 4 is 11.8 Å². The molecule has 0 bridgehead atoms. The smallest absolute Gasteiger partial charge is 0.189 e. The van der Waals surface area contributed by atoms with Crippen LogP contribution in [0.15, 0.2) is 60.0 Å². The first-order valence-corrected chi connectivity index (χ1v) is 6.65. The Hall–Kier alpha value is -1.94. The van der Waals surface area contributed by atoms with Gasteiger partial charge in [0.2, 0.25) is 0 Å². The minimum Gasteiger partial charge on any atom is -0.265 e. The Bertz CT molecular complexity index is 582. The molecule has 18 heavy (non-hydrogen) atoms. The van der Waals surface area contributed by atoms with Crippen LogP contribution in [0, 0.1) is 0 Å². The molecule has 0 atom stereocenters. The summed E-state index contributed by atoms with van der Waals surface area (Å²) >= 11 is 1.65. The zero-order chi connectivity index (χ0) is 12.2. The van der Waals surface area contributed by atoms with Gasteiger partial charge in [-0.05, 0) is 29.8 Å². The average Bonchev–Trinajstić information content (AvgIpc) is 2.68. The highest BCUT2D eigenvalue weighted by molar-refractivity contribution is 7.98. The summed E-state index contributed by atoms with van der Waals surface area (Å²) in [6.45, 7) is 0. The van der Waals surface area contributed by atoms with Crippen molar-refractivity contribution in [3.63, 3.8) is 0 Å². The van der Waals surface area contributed by atoms with E-state index in [4.69, 9.17) is 0 Å². The monoisotopic (exact) mass is 253 g/mol. The van der Waals surface area contributed by atoms with Gasteiger partial charge >= 0.3 is 0 Å². The third kappa shape index (κ3) is 2.49. The molecule has 1 aromatic heterocycles. The molecule has 1 aliphatic carbocycles. The molecular weight excluding hydrogens is 242 g/mol. The maximum absolute atomic E-state index is 4.50. The third-order valence-electron chi connectivity index (χ3n) is 2.54. The summed E-state index contributed by atoms with van der Waals surface area (Å²) in [5, 5.41) is 0.827. The van der Waals surface area contributed by atoms with E-state index >= 15 is 0 Å². The number of aromatic nitrogens is 3. The number of hydrogen-bond acceptors (Lipinski definition) is 4. The van der Waals surface area contributed by atoms with E-state index < -0.39 is 0 Å². The lowest BCUT2D eigenvalue weighted by atomic mass is 10.3. The zero-order valence-corrected chi connectivity index (χ0v) is 10.5. The van der Waals surface area contributed by atoms with Gasteiger partial charge in [-0.25, -0.2) is 9.97 Å². The first-order valence-electron chi connectivity index (χ1n) is 5.66. The third-order valence-corrected chi connectivity index (χ3v) is 3.46. The van der Waals surface area contributed by atoms with Gasteiger partial charge in [0, 0.05) is 18.1 Å². The van der Waals surface area contributed by atoms with Crippen LogP contribution in [0.5, 0.6) is 0 Å². The molecular formula is C14H11N3S. The van der Waals surface area contributed by atoms with Gasteiger partial charge in [0.05, 0.1) is 11.4 Å². The van der Waals surface area contributed by atoms with Gasteiger partial charge in [0.15, 0.2) is 5.16 Å². The highest BCUT2D eigenvalue weighted by Crippen LogP contribution is 2.25. The van der Waals surface area contributed by atoms with Crippen molar-refractivity contribution in [3.05, 3.63) is 60.4 Å². The number of thioether (sulfide) groups is 1. The number of hydrogen-bond donors (Lipinski definition) is 0. The second kappa shape index (κ2) is 5.14. The van der Waals surface area contributed by atoms with Gasteiger partial charge in [-0.15, -0.1) is 0 Å². The summed E-state index contributed by atoms with van der Waals surface area (Å²) in [6.07, 6.45) is 3.61. The van der Waals surface area contributed by atoms with E-state index in [1.54, 1.807) is 24.2 Å². The summed E-state index contributed by atoms with van der Waals surface area (Å²) in [4.78, 5) is 13.0. The van der Waals surface area contributed by atoms with Gasteiger partial charge in [-0.2, -0.15) is 0 Å². The Morgan fingerprint density at radius 2 is 1.50 bits per heavy atom. The van der Waals surface area contributed by atoms with Crippen LogP contribution in [0.3, 0.4) is 0 Å². The Labute approximate surface area is 110 Å². The SMILES string of the molecule is c1ccc2nc(SCc3ccncc3)nc-2cc1. The molecule has 0 radical (unpaired) electrons. The Kier molecular flexibility index (Phi) is 3.19. The summed E-state index contributed by atoms with van der Waals surface area (Å²) in [5.74, 6) is 0.866. The molecule has 0 aromatic carbocycles. The summed E-state index contributed by atoms with van der Waals surface area (Å²) < 4.78 is 0. The lowest BCUT2D eigenvalue weighted by Crippen LogP contribution is -1.81. The van der Waals surface area contributed by atoms with Crippen molar-refractivity contribution < 1.29 is 0 Å². The number of fused-ring (bicyclic) bond motifs is 1. The molecule has 0 N–H and O–H groups in total. The van der Waals surface area contributed by atoms with Crippen LogP contribution < -0.4 is 0 Å². The molecule has 88 valence electrons. The fourth-order valence-electron chi connectivity index (χ4n) is 1.64. The lowest BCUT2D eigenvalue weighted by molar-refractivity contribution is 1.07. The summed E-state index contributed by atoms with van der Waals surface area (Å²) in [5.41, 5.74) is 3.11. The fourth-order valence-corrected chi connectivity index (χ4v) is 2.45. The topological polar surface area (TPSA) is 38.7 Å². The van der Waals surface area contributed by atoms with Crippen LogP contribution in [0.1, 0.15) is 5.56 Å². The number of rotatable bonds is 3. The van der Waals surface area contributed by atoms with Crippen LogP contribution in [0.4, 0.5) is 0 Å². The van der Waals surface area contributed by atoms with Gasteiger partial charge in [-0.1, -0.05) is 30.0 Å². The van der Waals surface area contributed by atoms with Crippen LogP contribution in [0.2, 0.25) is 0 Å². The van der Waals surface area contributed by atoms with E-state index in [2.05, 4.69) is 15.0 Å².